The van der Waals surface area contributed by atoms with E-state index in [1.165, 1.54) is 40.1 Å². The van der Waals surface area contributed by atoms with Crippen molar-refractivity contribution in [2.75, 3.05) is 14.1 Å². The van der Waals surface area contributed by atoms with Crippen LogP contribution in [0.25, 0.3) is 0 Å². The van der Waals surface area contributed by atoms with E-state index in [-0.39, 0.29) is 4.90 Å². The average molecular weight is 316 g/mol. The van der Waals surface area contributed by atoms with Gasteiger partial charge in [-0.2, -0.15) is 0 Å². The second-order valence-corrected chi connectivity index (χ2v) is 7.68. The number of rotatable bonds is 5. The summed E-state index contributed by atoms with van der Waals surface area (Å²) >= 11 is 0. The van der Waals surface area contributed by atoms with Crippen LogP contribution in [0.4, 0.5) is 4.39 Å². The molecule has 0 saturated heterocycles. The number of hydrogen-bond donors (Lipinski definition) is 1. The molecule has 0 spiro atoms. The fourth-order valence-corrected chi connectivity index (χ4v) is 2.49. The molecule has 1 rings (SSSR count). The number of carbonyl (C=O) groups is 1. The third kappa shape index (κ3) is 4.25. The number of carbonyl (C=O) groups excluding carboxylic acids is 1. The molecule has 1 amide bonds. The van der Waals surface area contributed by atoms with Crippen LogP contribution < -0.4 is 5.32 Å². The maximum absolute atomic E-state index is 13.5. The number of alkyl halides is 1. The summed E-state index contributed by atoms with van der Waals surface area (Å²) in [5.74, 6) is -0.708. The molecule has 21 heavy (non-hydrogen) atoms. The van der Waals surface area contributed by atoms with Crippen molar-refractivity contribution in [3.8, 4) is 0 Å². The van der Waals surface area contributed by atoms with Crippen molar-refractivity contribution in [2.45, 2.75) is 37.4 Å². The number of sulfonamides is 1. The highest BCUT2D eigenvalue weighted by Crippen LogP contribution is 2.19. The number of nitrogens with one attached hydrogen (secondary N) is 1. The van der Waals surface area contributed by atoms with Gasteiger partial charge in [-0.25, -0.2) is 17.1 Å². The Morgan fingerprint density at radius 1 is 1.24 bits per heavy atom. The Kier molecular flexibility index (Phi) is 5.11. The zero-order valence-electron chi connectivity index (χ0n) is 12.8. The normalized spacial score (nSPS) is 14.0. The van der Waals surface area contributed by atoms with Crippen molar-refractivity contribution >= 4 is 15.9 Å². The van der Waals surface area contributed by atoms with Gasteiger partial charge in [-0.15, -0.1) is 0 Å². The van der Waals surface area contributed by atoms with Crippen LogP contribution in [0.3, 0.4) is 0 Å². The number of benzene rings is 1. The number of halogens is 1. The first-order chi connectivity index (χ1) is 9.46. The summed E-state index contributed by atoms with van der Waals surface area (Å²) in [5.41, 5.74) is -1.26. The highest BCUT2D eigenvalue weighted by atomic mass is 32.2. The standard InChI is InChI=1S/C14H21FN2O3S/c1-10(16-13(18)14(2,3)15)11-6-8-12(9-7-11)21(19,20)17(4)5/h6-10H,1-5H3,(H,16,18)/t10-/m0/s1. The Balaban J connectivity index is 2.91. The van der Waals surface area contributed by atoms with E-state index in [1.54, 1.807) is 19.1 Å². The van der Waals surface area contributed by atoms with E-state index in [2.05, 4.69) is 5.32 Å². The lowest BCUT2D eigenvalue weighted by molar-refractivity contribution is -0.131. The molecule has 0 bridgehead atoms. The molecule has 0 aliphatic heterocycles. The van der Waals surface area contributed by atoms with E-state index < -0.39 is 27.6 Å². The topological polar surface area (TPSA) is 66.5 Å². The Morgan fingerprint density at radius 2 is 1.71 bits per heavy atom. The largest absolute Gasteiger partial charge is 0.347 e. The molecule has 0 fully saturated rings. The average Bonchev–Trinajstić information content (AvgIpc) is 2.37. The van der Waals surface area contributed by atoms with Gasteiger partial charge in [0, 0.05) is 14.1 Å². The monoisotopic (exact) mass is 316 g/mol. The summed E-state index contributed by atoms with van der Waals surface area (Å²) in [7, 11) is -0.572. The minimum absolute atomic E-state index is 0.167. The third-order valence-corrected chi connectivity index (χ3v) is 4.88. The second kappa shape index (κ2) is 6.11. The quantitative estimate of drug-likeness (QED) is 0.901. The van der Waals surface area contributed by atoms with Crippen molar-refractivity contribution in [3.63, 3.8) is 0 Å². The van der Waals surface area contributed by atoms with Crippen molar-refractivity contribution in [2.24, 2.45) is 0 Å². The molecule has 0 unspecified atom stereocenters. The minimum atomic E-state index is -3.48. The van der Waals surface area contributed by atoms with Crippen LogP contribution in [0.2, 0.25) is 0 Å². The predicted molar refractivity (Wildman–Crippen MR) is 79.1 cm³/mol. The van der Waals surface area contributed by atoms with Crippen LogP contribution in [0.5, 0.6) is 0 Å². The van der Waals surface area contributed by atoms with Gasteiger partial charge >= 0.3 is 0 Å². The van der Waals surface area contributed by atoms with Crippen LogP contribution in [0, 0.1) is 0 Å². The maximum Gasteiger partial charge on any atom is 0.257 e. The SMILES string of the molecule is C[C@H](NC(=O)C(C)(C)F)c1ccc(S(=O)(=O)N(C)C)cc1. The molecule has 1 atom stereocenters. The lowest BCUT2D eigenvalue weighted by Crippen LogP contribution is -2.40. The summed E-state index contributed by atoms with van der Waals surface area (Å²) < 4.78 is 38.5. The Bertz CT molecular complexity index is 604. The predicted octanol–water partition coefficient (Wildman–Crippen LogP) is 1.86. The van der Waals surface area contributed by atoms with Gasteiger partial charge in [0.2, 0.25) is 10.0 Å². The van der Waals surface area contributed by atoms with Crippen molar-refractivity contribution in [1.82, 2.24) is 9.62 Å². The first kappa shape index (κ1) is 17.6. The highest BCUT2D eigenvalue weighted by Gasteiger charge is 2.27. The molecule has 0 radical (unpaired) electrons. The molecule has 0 aromatic heterocycles. The Labute approximate surface area is 125 Å². The van der Waals surface area contributed by atoms with Gasteiger partial charge in [0.15, 0.2) is 5.67 Å². The fraction of sp³-hybridized carbons (Fsp3) is 0.500. The fourth-order valence-electron chi connectivity index (χ4n) is 1.59. The summed E-state index contributed by atoms with van der Waals surface area (Å²) in [4.78, 5) is 11.7. The lowest BCUT2D eigenvalue weighted by Gasteiger charge is -2.20. The van der Waals surface area contributed by atoms with Gasteiger partial charge in [0.1, 0.15) is 0 Å². The van der Waals surface area contributed by atoms with Gasteiger partial charge in [-0.1, -0.05) is 12.1 Å². The molecule has 118 valence electrons. The molecule has 0 saturated carbocycles. The van der Waals surface area contributed by atoms with E-state index in [4.69, 9.17) is 0 Å². The second-order valence-electron chi connectivity index (χ2n) is 5.52. The van der Waals surface area contributed by atoms with Crippen molar-refractivity contribution in [3.05, 3.63) is 29.8 Å². The van der Waals surface area contributed by atoms with Gasteiger partial charge in [0.05, 0.1) is 10.9 Å². The maximum atomic E-state index is 13.5. The van der Waals surface area contributed by atoms with E-state index in [1.807, 2.05) is 0 Å². The highest BCUT2D eigenvalue weighted by molar-refractivity contribution is 7.89. The minimum Gasteiger partial charge on any atom is -0.347 e. The molecule has 0 aliphatic rings. The Morgan fingerprint density at radius 3 is 2.10 bits per heavy atom. The number of amides is 1. The van der Waals surface area contributed by atoms with Gasteiger partial charge in [-0.3, -0.25) is 4.79 Å². The molecule has 0 heterocycles. The molecular weight excluding hydrogens is 295 g/mol. The van der Waals surface area contributed by atoms with Crippen molar-refractivity contribution in [1.29, 1.82) is 0 Å². The first-order valence-corrected chi connectivity index (χ1v) is 7.92. The van der Waals surface area contributed by atoms with Crippen LogP contribution in [0.15, 0.2) is 29.2 Å². The van der Waals surface area contributed by atoms with E-state index in [9.17, 15) is 17.6 Å². The molecule has 0 aliphatic carbocycles. The van der Waals surface area contributed by atoms with Gasteiger partial charge < -0.3 is 5.32 Å². The van der Waals surface area contributed by atoms with Crippen LogP contribution >= 0.6 is 0 Å². The van der Waals surface area contributed by atoms with E-state index in [0.29, 0.717) is 5.56 Å². The molecule has 7 heteroatoms. The third-order valence-electron chi connectivity index (χ3n) is 3.05. The summed E-state index contributed by atoms with van der Waals surface area (Å²) in [5, 5.41) is 2.54. The number of nitrogens with zero attached hydrogens (tertiary/aromatic N) is 1. The van der Waals surface area contributed by atoms with E-state index in [0.717, 1.165) is 4.31 Å². The first-order valence-electron chi connectivity index (χ1n) is 6.48. The molecular formula is C14H21FN2O3S. The van der Waals surface area contributed by atoms with Crippen LogP contribution in [0.1, 0.15) is 32.4 Å². The molecule has 1 aromatic rings. The number of hydrogen-bond acceptors (Lipinski definition) is 3. The zero-order valence-corrected chi connectivity index (χ0v) is 13.7. The van der Waals surface area contributed by atoms with Crippen LogP contribution in [-0.4, -0.2) is 38.4 Å². The lowest BCUT2D eigenvalue weighted by atomic mass is 10.1. The summed E-state index contributed by atoms with van der Waals surface area (Å²) in [6.45, 7) is 4.07. The summed E-state index contributed by atoms with van der Waals surface area (Å²) in [6.07, 6.45) is 0. The smallest absolute Gasteiger partial charge is 0.257 e. The molecule has 1 aromatic carbocycles. The van der Waals surface area contributed by atoms with E-state index >= 15 is 0 Å². The van der Waals surface area contributed by atoms with Gasteiger partial charge in [-0.05, 0) is 38.5 Å². The summed E-state index contributed by atoms with van der Waals surface area (Å²) in [6, 6.07) is 5.73. The molecule has 1 N–H and O–H groups in total. The van der Waals surface area contributed by atoms with Gasteiger partial charge in [0.25, 0.3) is 5.91 Å². The Hall–Kier alpha value is -1.47. The zero-order chi connectivity index (χ0) is 16.4. The van der Waals surface area contributed by atoms with Crippen LogP contribution in [-0.2, 0) is 14.8 Å². The van der Waals surface area contributed by atoms with Crippen molar-refractivity contribution < 1.29 is 17.6 Å². The molecule has 5 nitrogen and oxygen atoms in total.